The second-order valence-electron chi connectivity index (χ2n) is 6.39. The summed E-state index contributed by atoms with van der Waals surface area (Å²) in [5, 5.41) is 15.0. The van der Waals surface area contributed by atoms with Crippen LogP contribution < -0.4 is 10.6 Å². The van der Waals surface area contributed by atoms with Crippen LogP contribution >= 0.6 is 23.1 Å². The normalized spacial score (nSPS) is 11.9. The highest BCUT2D eigenvalue weighted by Crippen LogP contribution is 2.31. The Kier molecular flexibility index (Phi) is 6.13. The fourth-order valence-electron chi connectivity index (χ4n) is 2.76. The van der Waals surface area contributed by atoms with Crippen molar-refractivity contribution in [3.05, 3.63) is 59.2 Å². The van der Waals surface area contributed by atoms with Crippen LogP contribution in [0.25, 0.3) is 0 Å². The van der Waals surface area contributed by atoms with Gasteiger partial charge in [0.15, 0.2) is 4.34 Å². The van der Waals surface area contributed by atoms with Crippen LogP contribution in [-0.2, 0) is 4.79 Å². The van der Waals surface area contributed by atoms with Gasteiger partial charge in [-0.15, -0.1) is 10.2 Å². The van der Waals surface area contributed by atoms with E-state index in [0.29, 0.717) is 5.13 Å². The van der Waals surface area contributed by atoms with Gasteiger partial charge in [0.05, 0.1) is 5.25 Å². The predicted octanol–water partition coefficient (Wildman–Crippen LogP) is 5.33. The molecule has 0 radical (unpaired) electrons. The molecule has 140 valence electrons. The Morgan fingerprint density at radius 2 is 1.74 bits per heavy atom. The lowest BCUT2D eigenvalue weighted by molar-refractivity contribution is -0.115. The molecule has 0 bridgehead atoms. The summed E-state index contributed by atoms with van der Waals surface area (Å²) in [5.41, 5.74) is 5.19. The first-order chi connectivity index (χ1) is 12.9. The molecule has 0 saturated carbocycles. The molecule has 1 amide bonds. The lowest BCUT2D eigenvalue weighted by Crippen LogP contribution is -2.23. The number of aryl methyl sites for hydroxylation is 3. The van der Waals surface area contributed by atoms with Gasteiger partial charge in [-0.2, -0.15) is 0 Å². The zero-order valence-electron chi connectivity index (χ0n) is 15.7. The van der Waals surface area contributed by atoms with E-state index in [9.17, 15) is 4.79 Å². The minimum Gasteiger partial charge on any atom is -0.330 e. The van der Waals surface area contributed by atoms with Crippen LogP contribution in [0.2, 0.25) is 0 Å². The van der Waals surface area contributed by atoms with Crippen molar-refractivity contribution in [2.75, 3.05) is 10.6 Å². The second kappa shape index (κ2) is 8.54. The molecular weight excluding hydrogens is 376 g/mol. The van der Waals surface area contributed by atoms with Crippen LogP contribution in [0.15, 0.2) is 46.8 Å². The Morgan fingerprint density at radius 1 is 1.07 bits per heavy atom. The Balaban J connectivity index is 1.62. The highest BCUT2D eigenvalue weighted by atomic mass is 32.2. The number of hydrogen-bond acceptors (Lipinski definition) is 6. The Hall–Kier alpha value is -2.38. The standard InChI is InChI=1S/C20H22N4OS2/c1-12-10-13(2)17(14(3)11-12)22-18(25)15(4)26-20-24-23-19(27-20)21-16-8-6-5-7-9-16/h5-11,15H,1-4H3,(H,21,23)(H,22,25). The summed E-state index contributed by atoms with van der Waals surface area (Å²) >= 11 is 2.85. The molecule has 0 spiro atoms. The van der Waals surface area contributed by atoms with Crippen LogP contribution in [-0.4, -0.2) is 21.4 Å². The SMILES string of the molecule is Cc1cc(C)c(NC(=O)C(C)Sc2nnc(Nc3ccccc3)s2)c(C)c1. The number of nitrogens with one attached hydrogen (secondary N) is 2. The summed E-state index contributed by atoms with van der Waals surface area (Å²) < 4.78 is 0.758. The molecular formula is C20H22N4OS2. The van der Waals surface area contributed by atoms with E-state index >= 15 is 0 Å². The highest BCUT2D eigenvalue weighted by Gasteiger charge is 2.19. The van der Waals surface area contributed by atoms with Gasteiger partial charge in [-0.25, -0.2) is 0 Å². The first kappa shape index (κ1) is 19.4. The van der Waals surface area contributed by atoms with Crippen molar-refractivity contribution in [3.63, 3.8) is 0 Å². The van der Waals surface area contributed by atoms with E-state index in [1.165, 1.54) is 28.7 Å². The molecule has 2 N–H and O–H groups in total. The molecule has 3 aromatic rings. The van der Waals surface area contributed by atoms with Crippen LogP contribution in [0.3, 0.4) is 0 Å². The minimum atomic E-state index is -0.275. The molecule has 0 saturated heterocycles. The second-order valence-corrected chi connectivity index (χ2v) is 8.95. The van der Waals surface area contributed by atoms with Crippen molar-refractivity contribution in [2.24, 2.45) is 0 Å². The van der Waals surface area contributed by atoms with Crippen LogP contribution in [0.4, 0.5) is 16.5 Å². The molecule has 1 atom stereocenters. The molecule has 2 aromatic carbocycles. The van der Waals surface area contributed by atoms with Gasteiger partial charge >= 0.3 is 0 Å². The maximum absolute atomic E-state index is 12.6. The zero-order chi connectivity index (χ0) is 19.4. The Bertz CT molecular complexity index is 917. The number of rotatable bonds is 6. The number of thioether (sulfide) groups is 1. The van der Waals surface area contributed by atoms with Crippen molar-refractivity contribution in [1.29, 1.82) is 0 Å². The average molecular weight is 399 g/mol. The van der Waals surface area contributed by atoms with Crippen molar-refractivity contribution >= 4 is 45.5 Å². The molecule has 1 unspecified atom stereocenters. The number of hydrogen-bond donors (Lipinski definition) is 2. The number of nitrogens with zero attached hydrogens (tertiary/aromatic N) is 2. The lowest BCUT2D eigenvalue weighted by atomic mass is 10.1. The van der Waals surface area contributed by atoms with E-state index in [2.05, 4.69) is 39.9 Å². The van der Waals surface area contributed by atoms with E-state index in [4.69, 9.17) is 0 Å². The Labute approximate surface area is 167 Å². The number of anilines is 3. The van der Waals surface area contributed by atoms with Crippen LogP contribution in [0.1, 0.15) is 23.6 Å². The summed E-state index contributed by atoms with van der Waals surface area (Å²) in [6, 6.07) is 14.0. The topological polar surface area (TPSA) is 66.9 Å². The van der Waals surface area contributed by atoms with Gasteiger partial charge < -0.3 is 10.6 Å². The van der Waals surface area contributed by atoms with Crippen LogP contribution in [0.5, 0.6) is 0 Å². The smallest absolute Gasteiger partial charge is 0.237 e. The first-order valence-corrected chi connectivity index (χ1v) is 10.3. The number of carbonyl (C=O) groups is 1. The quantitative estimate of drug-likeness (QED) is 0.550. The van der Waals surface area contributed by atoms with E-state index in [0.717, 1.165) is 26.8 Å². The predicted molar refractivity (Wildman–Crippen MR) is 114 cm³/mol. The third-order valence-corrected chi connectivity index (χ3v) is 6.03. The van der Waals surface area contributed by atoms with E-state index < -0.39 is 0 Å². The molecule has 5 nitrogen and oxygen atoms in total. The molecule has 1 aromatic heterocycles. The molecule has 0 aliphatic rings. The largest absolute Gasteiger partial charge is 0.330 e. The minimum absolute atomic E-state index is 0.0391. The highest BCUT2D eigenvalue weighted by molar-refractivity contribution is 8.02. The van der Waals surface area contributed by atoms with Crippen molar-refractivity contribution < 1.29 is 4.79 Å². The van der Waals surface area contributed by atoms with E-state index in [1.807, 2.05) is 51.1 Å². The third kappa shape index (κ3) is 5.08. The zero-order valence-corrected chi connectivity index (χ0v) is 17.4. The van der Waals surface area contributed by atoms with E-state index in [1.54, 1.807) is 0 Å². The molecule has 0 aliphatic carbocycles. The Morgan fingerprint density at radius 3 is 2.41 bits per heavy atom. The summed E-state index contributed by atoms with van der Waals surface area (Å²) in [6.07, 6.45) is 0. The molecule has 27 heavy (non-hydrogen) atoms. The van der Waals surface area contributed by atoms with Gasteiger partial charge in [0, 0.05) is 11.4 Å². The van der Waals surface area contributed by atoms with Crippen LogP contribution in [0, 0.1) is 20.8 Å². The van der Waals surface area contributed by atoms with Crippen molar-refractivity contribution in [3.8, 4) is 0 Å². The number of carbonyl (C=O) groups excluding carboxylic acids is 1. The van der Waals surface area contributed by atoms with Gasteiger partial charge in [-0.05, 0) is 51.0 Å². The summed E-state index contributed by atoms with van der Waals surface area (Å²) in [7, 11) is 0. The maximum atomic E-state index is 12.6. The molecule has 0 aliphatic heterocycles. The summed E-state index contributed by atoms with van der Waals surface area (Å²) in [5.74, 6) is -0.0391. The van der Waals surface area contributed by atoms with Crippen molar-refractivity contribution in [2.45, 2.75) is 37.3 Å². The third-order valence-electron chi connectivity index (χ3n) is 4.00. The first-order valence-electron chi connectivity index (χ1n) is 8.63. The number of amides is 1. The fourth-order valence-corrected chi connectivity index (χ4v) is 4.68. The summed E-state index contributed by atoms with van der Waals surface area (Å²) in [4.78, 5) is 12.6. The molecule has 3 rings (SSSR count). The van der Waals surface area contributed by atoms with Gasteiger partial charge in [-0.3, -0.25) is 4.79 Å². The molecule has 0 fully saturated rings. The lowest BCUT2D eigenvalue weighted by Gasteiger charge is -2.15. The molecule has 7 heteroatoms. The van der Waals surface area contributed by atoms with Gasteiger partial charge in [0.25, 0.3) is 0 Å². The average Bonchev–Trinajstić information content (AvgIpc) is 3.05. The van der Waals surface area contributed by atoms with E-state index in [-0.39, 0.29) is 11.2 Å². The fraction of sp³-hybridized carbons (Fsp3) is 0.250. The number of benzene rings is 2. The van der Waals surface area contributed by atoms with Crippen molar-refractivity contribution in [1.82, 2.24) is 10.2 Å². The van der Waals surface area contributed by atoms with Gasteiger partial charge in [0.2, 0.25) is 11.0 Å². The van der Waals surface area contributed by atoms with Gasteiger partial charge in [0.1, 0.15) is 0 Å². The monoisotopic (exact) mass is 398 g/mol. The maximum Gasteiger partial charge on any atom is 0.237 e. The summed E-state index contributed by atoms with van der Waals surface area (Å²) in [6.45, 7) is 7.96. The number of para-hydroxylation sites is 1. The van der Waals surface area contributed by atoms with Gasteiger partial charge in [-0.1, -0.05) is 59.0 Å². The number of aromatic nitrogens is 2. The molecule has 1 heterocycles.